The van der Waals surface area contributed by atoms with Crippen LogP contribution in [0.5, 0.6) is 0 Å². The Bertz CT molecular complexity index is 218. The molecule has 1 radical (unpaired) electrons. The van der Waals surface area contributed by atoms with E-state index in [0.29, 0.717) is 5.70 Å². The number of allylic oxidation sites excluding steroid dienone is 1. The summed E-state index contributed by atoms with van der Waals surface area (Å²) in [4.78, 5) is 0. The molecule has 0 amide bonds. The van der Waals surface area contributed by atoms with Crippen molar-refractivity contribution < 1.29 is 32.7 Å². The van der Waals surface area contributed by atoms with E-state index in [1.807, 2.05) is 24.3 Å². The van der Waals surface area contributed by atoms with Crippen LogP contribution in [0.1, 0.15) is 0 Å². The van der Waals surface area contributed by atoms with Gasteiger partial charge in [0.05, 0.1) is 0 Å². The molecule has 1 nitrogen and oxygen atoms in total. The molecule has 0 saturated heterocycles. The van der Waals surface area contributed by atoms with Crippen LogP contribution < -0.4 is 5.32 Å². The van der Waals surface area contributed by atoms with Crippen LogP contribution in [0, 0.1) is 13.0 Å². The third-order valence-corrected chi connectivity index (χ3v) is 1.02. The average Bonchev–Trinajstić information content (AvgIpc) is 1.88. The van der Waals surface area contributed by atoms with Gasteiger partial charge >= 0.3 is 0 Å². The van der Waals surface area contributed by atoms with Gasteiger partial charge in [-0.2, -0.15) is 24.3 Å². The number of para-hydroxylation sites is 1. The van der Waals surface area contributed by atoms with Gasteiger partial charge in [0, 0.05) is 32.7 Å². The van der Waals surface area contributed by atoms with E-state index in [9.17, 15) is 0 Å². The van der Waals surface area contributed by atoms with E-state index in [-0.39, 0.29) is 32.7 Å². The zero-order valence-corrected chi connectivity index (χ0v) is 9.14. The van der Waals surface area contributed by atoms with E-state index in [4.69, 9.17) is 0 Å². The summed E-state index contributed by atoms with van der Waals surface area (Å²) in [7, 11) is 0. The maximum Gasteiger partial charge on any atom is 0 e. The Morgan fingerprint density at radius 2 is 2.27 bits per heavy atom. The van der Waals surface area contributed by atoms with Crippen LogP contribution in [0.15, 0.2) is 36.5 Å². The summed E-state index contributed by atoms with van der Waals surface area (Å²) < 4.78 is 0. The third kappa shape index (κ3) is 4.23. The van der Waals surface area contributed by atoms with Gasteiger partial charge in [-0.05, 0) is 0 Å². The van der Waals surface area contributed by atoms with Crippen LogP contribution in [0.2, 0.25) is 0 Å². The average molecular weight is 220 g/mol. The number of hydrogen-bond donors (Lipinski definition) is 1. The van der Waals surface area contributed by atoms with Crippen molar-refractivity contribution in [3.05, 3.63) is 49.5 Å². The summed E-state index contributed by atoms with van der Waals surface area (Å²) in [5.74, 6) is 0. The summed E-state index contributed by atoms with van der Waals surface area (Å²) in [5.41, 5.74) is 1.59. The molecule has 1 N–H and O–H groups in total. The summed E-state index contributed by atoms with van der Waals surface area (Å²) >= 11 is 0. The molecule has 1 rings (SSSR count). The zero-order chi connectivity index (χ0) is 7.40. The monoisotopic (exact) mass is 220 g/mol. The first-order valence-electron chi connectivity index (χ1n) is 3.03. The van der Waals surface area contributed by atoms with Gasteiger partial charge in [0.2, 0.25) is 0 Å². The fourth-order valence-electron chi connectivity index (χ4n) is 0.662. The Kier molecular flexibility index (Phi) is 5.26. The van der Waals surface area contributed by atoms with Crippen molar-refractivity contribution in [1.82, 2.24) is 0 Å². The van der Waals surface area contributed by atoms with Crippen molar-refractivity contribution in [2.75, 3.05) is 5.32 Å². The van der Waals surface area contributed by atoms with Crippen molar-refractivity contribution in [2.24, 2.45) is 0 Å². The van der Waals surface area contributed by atoms with Crippen molar-refractivity contribution in [3.8, 4) is 0 Å². The van der Waals surface area contributed by atoms with Crippen LogP contribution in [-0.4, -0.2) is 0 Å². The molecule has 0 saturated carbocycles. The summed E-state index contributed by atoms with van der Waals surface area (Å²) in [6.45, 7) is 7.22. The van der Waals surface area contributed by atoms with Crippen molar-refractivity contribution in [3.63, 3.8) is 0 Å². The standard InChI is InChI=1S/C9H9N.Y/c1-8(2)10-9-6-4-3-5-7-9;/h3-6,10H,1-2H2;/q-2;. The summed E-state index contributed by atoms with van der Waals surface area (Å²) in [6.07, 6.45) is 0. The Morgan fingerprint density at radius 3 is 2.73 bits per heavy atom. The first-order valence-corrected chi connectivity index (χ1v) is 3.03. The molecule has 0 aromatic heterocycles. The predicted molar refractivity (Wildman–Crippen MR) is 43.4 cm³/mol. The second kappa shape index (κ2) is 5.39. The number of nitrogens with one attached hydrogen (secondary N) is 1. The van der Waals surface area contributed by atoms with Crippen LogP contribution in [0.25, 0.3) is 0 Å². The molecule has 1 aromatic rings. The Labute approximate surface area is 92.8 Å². The van der Waals surface area contributed by atoms with E-state index in [0.717, 1.165) is 5.69 Å². The van der Waals surface area contributed by atoms with Crippen molar-refractivity contribution >= 4 is 5.69 Å². The Morgan fingerprint density at radius 1 is 1.55 bits per heavy atom. The number of benzene rings is 1. The smallest absolute Gasteiger partial charge is 0 e. The minimum atomic E-state index is 0. The normalized spacial score (nSPS) is 8.00. The van der Waals surface area contributed by atoms with Gasteiger partial charge in [-0.3, -0.25) is 0 Å². The van der Waals surface area contributed by atoms with Crippen LogP contribution >= 0.6 is 0 Å². The summed E-state index contributed by atoms with van der Waals surface area (Å²) in [6, 6.07) is 10.6. The first-order chi connectivity index (χ1) is 4.79. The molecule has 0 aliphatic carbocycles. The number of hydrogen-bond acceptors (Lipinski definition) is 1. The van der Waals surface area contributed by atoms with E-state index < -0.39 is 0 Å². The minimum Gasteiger partial charge on any atom is -0.412 e. The molecule has 0 heterocycles. The molecule has 0 atom stereocenters. The fraction of sp³-hybridized carbons (Fsp3) is 0. The zero-order valence-electron chi connectivity index (χ0n) is 6.30. The Balaban J connectivity index is 0.000001000. The molecule has 0 aliphatic heterocycles. The van der Waals surface area contributed by atoms with Gasteiger partial charge in [-0.1, -0.05) is 5.69 Å². The molecule has 1 aromatic carbocycles. The fourth-order valence-corrected chi connectivity index (χ4v) is 0.662. The van der Waals surface area contributed by atoms with Gasteiger partial charge in [-0.15, -0.1) is 11.8 Å². The third-order valence-electron chi connectivity index (χ3n) is 1.02. The quantitative estimate of drug-likeness (QED) is 0.753. The maximum atomic E-state index is 3.61. The van der Waals surface area contributed by atoms with E-state index in [2.05, 4.69) is 24.9 Å². The largest absolute Gasteiger partial charge is 0.412 e. The van der Waals surface area contributed by atoms with Gasteiger partial charge in [0.15, 0.2) is 0 Å². The molecule has 0 bridgehead atoms. The topological polar surface area (TPSA) is 12.0 Å². The van der Waals surface area contributed by atoms with Crippen LogP contribution in [0.4, 0.5) is 5.69 Å². The first kappa shape index (κ1) is 10.7. The second-order valence-electron chi connectivity index (χ2n) is 2.00. The molecule has 55 valence electrons. The van der Waals surface area contributed by atoms with Gasteiger partial charge in [0.1, 0.15) is 0 Å². The van der Waals surface area contributed by atoms with E-state index >= 15 is 0 Å². The number of rotatable bonds is 2. The number of anilines is 1. The van der Waals surface area contributed by atoms with Crippen LogP contribution in [-0.2, 0) is 32.7 Å². The second-order valence-corrected chi connectivity index (χ2v) is 2.00. The van der Waals surface area contributed by atoms with Crippen LogP contribution in [0.3, 0.4) is 0 Å². The molecular weight excluding hydrogens is 211 g/mol. The van der Waals surface area contributed by atoms with Crippen molar-refractivity contribution in [2.45, 2.75) is 0 Å². The summed E-state index contributed by atoms with van der Waals surface area (Å²) in [5, 5.41) is 2.94. The molecule has 0 spiro atoms. The van der Waals surface area contributed by atoms with E-state index in [1.54, 1.807) is 0 Å². The molecule has 2 heteroatoms. The predicted octanol–water partition coefficient (Wildman–Crippen LogP) is 2.24. The molecule has 0 fully saturated rings. The molecule has 11 heavy (non-hydrogen) atoms. The van der Waals surface area contributed by atoms with Gasteiger partial charge in [0.25, 0.3) is 0 Å². The molecular formula is C9H9NY-2. The SMILES string of the molecule is C=C([CH2-])Nc1[c-]cccc1.[Y]. The van der Waals surface area contributed by atoms with E-state index in [1.165, 1.54) is 0 Å². The maximum absolute atomic E-state index is 3.61. The Hall–Kier alpha value is -0.266. The molecule has 0 aliphatic rings. The molecule has 0 unspecified atom stereocenters. The van der Waals surface area contributed by atoms with Gasteiger partial charge in [-0.25, -0.2) is 13.5 Å². The minimum absolute atomic E-state index is 0. The van der Waals surface area contributed by atoms with Crippen molar-refractivity contribution in [1.29, 1.82) is 0 Å². The van der Waals surface area contributed by atoms with Gasteiger partial charge < -0.3 is 5.32 Å².